The molecule has 1 saturated heterocycles. The molecule has 2 aromatic rings. The van der Waals surface area contributed by atoms with Gasteiger partial charge in [0.2, 0.25) is 5.88 Å². The zero-order valence-electron chi connectivity index (χ0n) is 18.2. The summed E-state index contributed by atoms with van der Waals surface area (Å²) < 4.78 is 34.2. The fourth-order valence-electron chi connectivity index (χ4n) is 3.23. The number of benzene rings is 1. The van der Waals surface area contributed by atoms with Crippen molar-refractivity contribution < 1.29 is 22.7 Å². The van der Waals surface area contributed by atoms with Gasteiger partial charge in [0, 0.05) is 24.9 Å². The van der Waals surface area contributed by atoms with Crippen LogP contribution in [0.4, 0.5) is 4.79 Å². The van der Waals surface area contributed by atoms with E-state index in [0.29, 0.717) is 49.7 Å². The van der Waals surface area contributed by atoms with Crippen LogP contribution in [0.2, 0.25) is 0 Å². The lowest BCUT2D eigenvalue weighted by Gasteiger charge is -2.31. The van der Waals surface area contributed by atoms with Gasteiger partial charge in [-0.15, -0.1) is 0 Å². The SMILES string of the molecule is CC(C)COC(=O)N1CCC(COc2cnc(-c3ccc(S(C)(=O)=O)cc3)cn2)CC1. The van der Waals surface area contributed by atoms with E-state index >= 15 is 0 Å². The third-order valence-corrected chi connectivity index (χ3v) is 6.21. The van der Waals surface area contributed by atoms with Gasteiger partial charge in [0.05, 0.1) is 36.2 Å². The van der Waals surface area contributed by atoms with Crippen LogP contribution in [-0.2, 0) is 14.6 Å². The fraction of sp³-hybridized carbons (Fsp3) is 0.500. The van der Waals surface area contributed by atoms with Crippen LogP contribution in [0.3, 0.4) is 0 Å². The minimum absolute atomic E-state index is 0.237. The molecule has 0 bridgehead atoms. The van der Waals surface area contributed by atoms with Crippen LogP contribution in [0.5, 0.6) is 5.88 Å². The van der Waals surface area contributed by atoms with E-state index in [1.54, 1.807) is 41.6 Å². The molecule has 2 heterocycles. The van der Waals surface area contributed by atoms with Crippen molar-refractivity contribution in [3.63, 3.8) is 0 Å². The molecule has 0 N–H and O–H groups in total. The van der Waals surface area contributed by atoms with Crippen LogP contribution >= 0.6 is 0 Å². The maximum absolute atomic E-state index is 12.0. The summed E-state index contributed by atoms with van der Waals surface area (Å²) >= 11 is 0. The number of hydrogen-bond donors (Lipinski definition) is 0. The summed E-state index contributed by atoms with van der Waals surface area (Å²) in [6, 6.07) is 6.53. The van der Waals surface area contributed by atoms with E-state index in [0.717, 1.165) is 18.4 Å². The van der Waals surface area contributed by atoms with Gasteiger partial charge < -0.3 is 14.4 Å². The Hall–Kier alpha value is -2.68. The maximum atomic E-state index is 12.0. The summed E-state index contributed by atoms with van der Waals surface area (Å²) in [5.41, 5.74) is 1.42. The third-order valence-electron chi connectivity index (χ3n) is 5.09. The van der Waals surface area contributed by atoms with E-state index in [2.05, 4.69) is 9.97 Å². The summed E-state index contributed by atoms with van der Waals surface area (Å²) in [5.74, 6) is 1.11. The molecule has 1 amide bonds. The summed E-state index contributed by atoms with van der Waals surface area (Å²) in [6.07, 6.45) is 5.83. The molecule has 0 radical (unpaired) electrons. The number of piperidine rings is 1. The van der Waals surface area contributed by atoms with Crippen molar-refractivity contribution in [3.8, 4) is 17.1 Å². The smallest absolute Gasteiger partial charge is 0.409 e. The van der Waals surface area contributed by atoms with Gasteiger partial charge in [-0.05, 0) is 36.8 Å². The Morgan fingerprint density at radius 2 is 1.81 bits per heavy atom. The van der Waals surface area contributed by atoms with Crippen molar-refractivity contribution in [1.82, 2.24) is 14.9 Å². The molecule has 0 unspecified atom stereocenters. The number of carbonyl (C=O) groups excluding carboxylic acids is 1. The Balaban J connectivity index is 1.46. The van der Waals surface area contributed by atoms with Gasteiger partial charge in [-0.2, -0.15) is 0 Å². The Morgan fingerprint density at radius 1 is 1.13 bits per heavy atom. The highest BCUT2D eigenvalue weighted by Crippen LogP contribution is 2.22. The van der Waals surface area contributed by atoms with Gasteiger partial charge in [0.15, 0.2) is 9.84 Å². The molecule has 1 aromatic carbocycles. The van der Waals surface area contributed by atoms with Gasteiger partial charge in [-0.1, -0.05) is 26.0 Å². The summed E-state index contributed by atoms with van der Waals surface area (Å²) in [5, 5.41) is 0. The number of nitrogens with zero attached hydrogens (tertiary/aromatic N) is 3. The summed E-state index contributed by atoms with van der Waals surface area (Å²) in [7, 11) is -3.23. The number of carbonyl (C=O) groups is 1. The second-order valence-electron chi connectivity index (χ2n) is 8.25. The lowest BCUT2D eigenvalue weighted by Crippen LogP contribution is -2.40. The molecule has 1 aromatic heterocycles. The molecule has 9 heteroatoms. The van der Waals surface area contributed by atoms with Gasteiger partial charge in [-0.25, -0.2) is 23.2 Å². The molecule has 8 nitrogen and oxygen atoms in total. The van der Waals surface area contributed by atoms with Crippen LogP contribution in [-0.4, -0.2) is 61.9 Å². The van der Waals surface area contributed by atoms with Crippen LogP contribution in [0.1, 0.15) is 26.7 Å². The van der Waals surface area contributed by atoms with E-state index in [1.165, 1.54) is 6.26 Å². The van der Waals surface area contributed by atoms with Crippen molar-refractivity contribution in [1.29, 1.82) is 0 Å². The van der Waals surface area contributed by atoms with Crippen LogP contribution < -0.4 is 4.74 Å². The monoisotopic (exact) mass is 447 g/mol. The Labute approximate surface area is 183 Å². The average molecular weight is 448 g/mol. The second kappa shape index (κ2) is 10.1. The molecule has 0 aliphatic carbocycles. The Kier molecular flexibility index (Phi) is 7.48. The van der Waals surface area contributed by atoms with Crippen molar-refractivity contribution in [2.75, 3.05) is 32.6 Å². The predicted molar refractivity (Wildman–Crippen MR) is 117 cm³/mol. The molecule has 168 valence electrons. The first-order valence-corrected chi connectivity index (χ1v) is 12.3. The van der Waals surface area contributed by atoms with E-state index < -0.39 is 9.84 Å². The quantitative estimate of drug-likeness (QED) is 0.641. The van der Waals surface area contributed by atoms with Crippen molar-refractivity contribution in [2.45, 2.75) is 31.6 Å². The molecule has 1 fully saturated rings. The summed E-state index contributed by atoms with van der Waals surface area (Å²) in [6.45, 7) is 6.32. The molecular formula is C22H29N3O5S. The lowest BCUT2D eigenvalue weighted by molar-refractivity contribution is 0.0729. The Morgan fingerprint density at radius 3 is 2.35 bits per heavy atom. The average Bonchev–Trinajstić information content (AvgIpc) is 2.76. The summed E-state index contributed by atoms with van der Waals surface area (Å²) in [4.78, 5) is 22.7. The standard InChI is InChI=1S/C22H29N3O5S/c1-16(2)14-30-22(26)25-10-8-17(9-11-25)15-29-21-13-23-20(12-24-21)18-4-6-19(7-5-18)31(3,27)28/h4-7,12-13,16-17H,8-11,14-15H2,1-3H3. The van der Waals surface area contributed by atoms with Gasteiger partial charge in [0.25, 0.3) is 0 Å². The second-order valence-corrected chi connectivity index (χ2v) is 10.3. The largest absolute Gasteiger partial charge is 0.476 e. The highest BCUT2D eigenvalue weighted by atomic mass is 32.2. The van der Waals surface area contributed by atoms with Crippen molar-refractivity contribution in [3.05, 3.63) is 36.7 Å². The van der Waals surface area contributed by atoms with E-state index in [9.17, 15) is 13.2 Å². The zero-order valence-corrected chi connectivity index (χ0v) is 19.0. The minimum Gasteiger partial charge on any atom is -0.476 e. The number of rotatable bonds is 7. The van der Waals surface area contributed by atoms with Crippen LogP contribution in [0.25, 0.3) is 11.3 Å². The number of ether oxygens (including phenoxy) is 2. The van der Waals surface area contributed by atoms with Gasteiger partial charge >= 0.3 is 6.09 Å². The van der Waals surface area contributed by atoms with E-state index in [-0.39, 0.29) is 11.0 Å². The first-order chi connectivity index (χ1) is 14.7. The molecule has 0 atom stereocenters. The molecule has 0 saturated carbocycles. The fourth-order valence-corrected chi connectivity index (χ4v) is 3.86. The molecule has 0 spiro atoms. The number of likely N-dealkylation sites (tertiary alicyclic amines) is 1. The topological polar surface area (TPSA) is 98.7 Å². The lowest BCUT2D eigenvalue weighted by atomic mass is 9.98. The first-order valence-electron chi connectivity index (χ1n) is 10.4. The molecule has 1 aliphatic heterocycles. The van der Waals surface area contributed by atoms with Gasteiger partial charge in [-0.3, -0.25) is 0 Å². The van der Waals surface area contributed by atoms with E-state index in [1.807, 2.05) is 13.8 Å². The minimum atomic E-state index is -3.23. The number of amides is 1. The molecule has 1 aliphatic rings. The molecule has 3 rings (SSSR count). The normalized spacial score (nSPS) is 15.2. The zero-order chi connectivity index (χ0) is 22.4. The van der Waals surface area contributed by atoms with Gasteiger partial charge in [0.1, 0.15) is 0 Å². The maximum Gasteiger partial charge on any atom is 0.409 e. The first kappa shape index (κ1) is 23.0. The van der Waals surface area contributed by atoms with Crippen molar-refractivity contribution >= 4 is 15.9 Å². The Bertz CT molecular complexity index is 967. The number of aromatic nitrogens is 2. The van der Waals surface area contributed by atoms with Crippen LogP contribution in [0.15, 0.2) is 41.6 Å². The molecule has 31 heavy (non-hydrogen) atoms. The molecular weight excluding hydrogens is 418 g/mol. The highest BCUT2D eigenvalue weighted by molar-refractivity contribution is 7.90. The third kappa shape index (κ3) is 6.65. The number of sulfone groups is 1. The number of hydrogen-bond acceptors (Lipinski definition) is 7. The van der Waals surface area contributed by atoms with E-state index in [4.69, 9.17) is 9.47 Å². The predicted octanol–water partition coefficient (Wildman–Crippen LogP) is 3.43. The van der Waals surface area contributed by atoms with Crippen LogP contribution in [0, 0.1) is 11.8 Å². The van der Waals surface area contributed by atoms with Crippen molar-refractivity contribution in [2.24, 2.45) is 11.8 Å². The highest BCUT2D eigenvalue weighted by Gasteiger charge is 2.24.